The molecule has 0 saturated carbocycles. The van der Waals surface area contributed by atoms with E-state index >= 15 is 0 Å². The molecule has 6 heteroatoms. The average Bonchev–Trinajstić information content (AvgIpc) is 2.90. The number of rotatable bonds is 3. The largest absolute Gasteiger partial charge is 0.478 e. The van der Waals surface area contributed by atoms with Crippen LogP contribution in [0.25, 0.3) is 0 Å². The highest BCUT2D eigenvalue weighted by molar-refractivity contribution is 5.94. The second kappa shape index (κ2) is 6.13. The van der Waals surface area contributed by atoms with Gasteiger partial charge in [-0.1, -0.05) is 6.07 Å². The van der Waals surface area contributed by atoms with Gasteiger partial charge in [-0.3, -0.25) is 0 Å². The molecule has 3 N–H and O–H groups in total. The SMILES string of the molecule is Cc1ccc(NC(=O)N2CCC(C(C)O)C2)cc1C(=O)O. The number of urea groups is 1. The third kappa shape index (κ3) is 3.52. The Labute approximate surface area is 123 Å². The van der Waals surface area contributed by atoms with E-state index in [1.165, 1.54) is 6.07 Å². The number of benzene rings is 1. The van der Waals surface area contributed by atoms with Crippen LogP contribution >= 0.6 is 0 Å². The number of aliphatic hydroxyl groups excluding tert-OH is 1. The normalized spacial score (nSPS) is 19.4. The predicted octanol–water partition coefficient (Wildman–Crippen LogP) is 1.93. The smallest absolute Gasteiger partial charge is 0.336 e. The number of aromatic carboxylic acids is 1. The van der Waals surface area contributed by atoms with Gasteiger partial charge in [0.1, 0.15) is 0 Å². The zero-order chi connectivity index (χ0) is 15.6. The minimum absolute atomic E-state index is 0.100. The summed E-state index contributed by atoms with van der Waals surface area (Å²) in [6.45, 7) is 4.55. The third-order valence-corrected chi connectivity index (χ3v) is 3.91. The number of hydrogen-bond acceptors (Lipinski definition) is 3. The highest BCUT2D eigenvalue weighted by Crippen LogP contribution is 2.21. The molecule has 1 aromatic carbocycles. The predicted molar refractivity (Wildman–Crippen MR) is 78.5 cm³/mol. The topological polar surface area (TPSA) is 89.9 Å². The van der Waals surface area contributed by atoms with Gasteiger partial charge in [0.25, 0.3) is 0 Å². The Balaban J connectivity index is 2.04. The number of aliphatic hydroxyl groups is 1. The number of anilines is 1. The molecular weight excluding hydrogens is 272 g/mol. The van der Waals surface area contributed by atoms with E-state index in [9.17, 15) is 14.7 Å². The molecule has 2 unspecified atom stereocenters. The summed E-state index contributed by atoms with van der Waals surface area (Å²) >= 11 is 0. The first-order chi connectivity index (χ1) is 9.88. The van der Waals surface area contributed by atoms with Gasteiger partial charge >= 0.3 is 12.0 Å². The Kier molecular flexibility index (Phi) is 4.47. The minimum Gasteiger partial charge on any atom is -0.478 e. The van der Waals surface area contributed by atoms with E-state index in [0.717, 1.165) is 6.42 Å². The van der Waals surface area contributed by atoms with Crippen LogP contribution in [0.15, 0.2) is 18.2 Å². The number of hydrogen-bond donors (Lipinski definition) is 3. The molecule has 2 amide bonds. The van der Waals surface area contributed by atoms with Crippen molar-refractivity contribution in [1.29, 1.82) is 0 Å². The van der Waals surface area contributed by atoms with Crippen LogP contribution < -0.4 is 5.32 Å². The summed E-state index contributed by atoms with van der Waals surface area (Å²) in [5.74, 6) is -0.915. The van der Waals surface area contributed by atoms with Crippen LogP contribution in [-0.2, 0) is 0 Å². The zero-order valence-corrected chi connectivity index (χ0v) is 12.2. The summed E-state index contributed by atoms with van der Waals surface area (Å²) in [6.07, 6.45) is 0.347. The lowest BCUT2D eigenvalue weighted by molar-refractivity contribution is 0.0696. The van der Waals surface area contributed by atoms with Crippen LogP contribution in [0.2, 0.25) is 0 Å². The van der Waals surface area contributed by atoms with Crippen LogP contribution in [0.3, 0.4) is 0 Å². The minimum atomic E-state index is -1.01. The number of amides is 2. The lowest BCUT2D eigenvalue weighted by Gasteiger charge is -2.18. The molecule has 0 aromatic heterocycles. The van der Waals surface area contributed by atoms with Gasteiger partial charge in [0.15, 0.2) is 0 Å². The third-order valence-electron chi connectivity index (χ3n) is 3.91. The van der Waals surface area contributed by atoms with Crippen molar-refractivity contribution in [2.24, 2.45) is 5.92 Å². The number of carboxylic acid groups (broad SMARTS) is 1. The first kappa shape index (κ1) is 15.3. The first-order valence-electron chi connectivity index (χ1n) is 6.96. The Bertz CT molecular complexity index is 557. The summed E-state index contributed by atoms with van der Waals surface area (Å²) in [5, 5.41) is 21.3. The number of nitrogens with zero attached hydrogens (tertiary/aromatic N) is 1. The fraction of sp³-hybridized carbons (Fsp3) is 0.467. The summed E-state index contributed by atoms with van der Waals surface area (Å²) < 4.78 is 0. The van der Waals surface area contributed by atoms with Crippen molar-refractivity contribution in [2.75, 3.05) is 18.4 Å². The fourth-order valence-electron chi connectivity index (χ4n) is 2.50. The molecule has 2 rings (SSSR count). The molecule has 1 saturated heterocycles. The molecule has 0 bridgehead atoms. The number of aryl methyl sites for hydroxylation is 1. The van der Waals surface area contributed by atoms with Gasteiger partial charge < -0.3 is 20.4 Å². The van der Waals surface area contributed by atoms with Gasteiger partial charge in [-0.25, -0.2) is 9.59 Å². The molecular formula is C15H20N2O4. The molecule has 0 radical (unpaired) electrons. The molecule has 6 nitrogen and oxygen atoms in total. The van der Waals surface area contributed by atoms with Gasteiger partial charge in [-0.05, 0) is 38.0 Å². The van der Waals surface area contributed by atoms with E-state index in [1.807, 2.05) is 0 Å². The summed E-state index contributed by atoms with van der Waals surface area (Å²) in [7, 11) is 0. The maximum Gasteiger partial charge on any atom is 0.336 e. The average molecular weight is 292 g/mol. The van der Waals surface area contributed by atoms with Crippen molar-refractivity contribution >= 4 is 17.7 Å². The number of carbonyl (C=O) groups is 2. The van der Waals surface area contributed by atoms with E-state index < -0.39 is 12.1 Å². The van der Waals surface area contributed by atoms with Gasteiger partial charge in [-0.15, -0.1) is 0 Å². The van der Waals surface area contributed by atoms with E-state index in [0.29, 0.717) is 24.3 Å². The van der Waals surface area contributed by atoms with E-state index in [4.69, 9.17) is 5.11 Å². The summed E-state index contributed by atoms with van der Waals surface area (Å²) in [6, 6.07) is 4.54. The summed E-state index contributed by atoms with van der Waals surface area (Å²) in [4.78, 5) is 24.9. The number of nitrogens with one attached hydrogen (secondary N) is 1. The standard InChI is InChI=1S/C15H20N2O4/c1-9-3-4-12(7-13(9)14(19)20)16-15(21)17-6-5-11(8-17)10(2)18/h3-4,7,10-11,18H,5-6,8H2,1-2H3,(H,16,21)(H,19,20). The Morgan fingerprint density at radius 3 is 2.71 bits per heavy atom. The van der Waals surface area contributed by atoms with Crippen molar-refractivity contribution in [1.82, 2.24) is 4.90 Å². The lowest BCUT2D eigenvalue weighted by atomic mass is 10.0. The van der Waals surface area contributed by atoms with Crippen molar-refractivity contribution in [3.8, 4) is 0 Å². The second-order valence-corrected chi connectivity index (χ2v) is 5.50. The summed E-state index contributed by atoms with van der Waals surface area (Å²) in [5.41, 5.74) is 1.29. The molecule has 21 heavy (non-hydrogen) atoms. The zero-order valence-electron chi connectivity index (χ0n) is 12.2. The number of carboxylic acids is 1. The first-order valence-corrected chi connectivity index (χ1v) is 6.96. The van der Waals surface area contributed by atoms with E-state index in [-0.39, 0.29) is 17.5 Å². The molecule has 114 valence electrons. The van der Waals surface area contributed by atoms with Gasteiger partial charge in [0.05, 0.1) is 11.7 Å². The molecule has 0 spiro atoms. The maximum atomic E-state index is 12.1. The van der Waals surface area contributed by atoms with E-state index in [2.05, 4.69) is 5.32 Å². The Morgan fingerprint density at radius 2 is 2.14 bits per heavy atom. The number of likely N-dealkylation sites (tertiary alicyclic amines) is 1. The van der Waals surface area contributed by atoms with Crippen molar-refractivity contribution < 1.29 is 19.8 Å². The fourth-order valence-corrected chi connectivity index (χ4v) is 2.50. The Morgan fingerprint density at radius 1 is 1.43 bits per heavy atom. The molecule has 1 aromatic rings. The molecule has 1 heterocycles. The second-order valence-electron chi connectivity index (χ2n) is 5.50. The van der Waals surface area contributed by atoms with Crippen molar-refractivity contribution in [3.63, 3.8) is 0 Å². The monoisotopic (exact) mass is 292 g/mol. The van der Waals surface area contributed by atoms with Crippen molar-refractivity contribution in [2.45, 2.75) is 26.4 Å². The van der Waals surface area contributed by atoms with Crippen molar-refractivity contribution in [3.05, 3.63) is 29.3 Å². The lowest BCUT2D eigenvalue weighted by Crippen LogP contribution is -2.34. The quantitative estimate of drug-likeness (QED) is 0.794. The molecule has 1 aliphatic rings. The van der Waals surface area contributed by atoms with Crippen LogP contribution in [0.5, 0.6) is 0 Å². The Hall–Kier alpha value is -2.08. The maximum absolute atomic E-state index is 12.1. The van der Waals surface area contributed by atoms with Crippen LogP contribution in [-0.4, -0.2) is 46.3 Å². The molecule has 2 atom stereocenters. The highest BCUT2D eigenvalue weighted by atomic mass is 16.4. The number of carbonyl (C=O) groups excluding carboxylic acids is 1. The molecule has 1 fully saturated rings. The molecule has 1 aliphatic heterocycles. The van der Waals surface area contributed by atoms with E-state index in [1.54, 1.807) is 30.9 Å². The van der Waals surface area contributed by atoms with Gasteiger partial charge in [0, 0.05) is 24.7 Å². The van der Waals surface area contributed by atoms with Crippen LogP contribution in [0, 0.1) is 12.8 Å². The molecule has 0 aliphatic carbocycles. The highest BCUT2D eigenvalue weighted by Gasteiger charge is 2.29. The van der Waals surface area contributed by atoms with Gasteiger partial charge in [0.2, 0.25) is 0 Å². The van der Waals surface area contributed by atoms with Crippen LogP contribution in [0.1, 0.15) is 29.3 Å². The van der Waals surface area contributed by atoms with Crippen LogP contribution in [0.4, 0.5) is 10.5 Å². The van der Waals surface area contributed by atoms with Gasteiger partial charge in [-0.2, -0.15) is 0 Å².